The lowest BCUT2D eigenvalue weighted by Gasteiger charge is -2.09. The van der Waals surface area contributed by atoms with Crippen LogP contribution in [0.1, 0.15) is 5.56 Å². The maximum absolute atomic E-state index is 12.3. The molecule has 1 rings (SSSR count). The van der Waals surface area contributed by atoms with Crippen LogP contribution in [0.3, 0.4) is 0 Å². The second-order valence-corrected chi connectivity index (χ2v) is 4.43. The van der Waals surface area contributed by atoms with E-state index in [1.807, 2.05) is 0 Å². The molecule has 0 saturated heterocycles. The van der Waals surface area contributed by atoms with Gasteiger partial charge in [0.05, 0.1) is 23.4 Å². The highest BCUT2D eigenvalue weighted by molar-refractivity contribution is 8.00. The van der Waals surface area contributed by atoms with Crippen molar-refractivity contribution in [2.45, 2.75) is 11.1 Å². The third-order valence-corrected chi connectivity index (χ3v) is 3.30. The summed E-state index contributed by atoms with van der Waals surface area (Å²) in [6.45, 7) is 0. The van der Waals surface area contributed by atoms with Crippen molar-refractivity contribution in [2.75, 3.05) is 12.9 Å². The normalized spacial score (nSPS) is 11.4. The van der Waals surface area contributed by atoms with Gasteiger partial charge in [-0.2, -0.15) is 13.2 Å². The zero-order valence-electron chi connectivity index (χ0n) is 8.68. The van der Waals surface area contributed by atoms with Crippen molar-refractivity contribution in [1.29, 1.82) is 0 Å². The largest absolute Gasteiger partial charge is 0.468 e. The second kappa shape index (κ2) is 5.64. The molecule has 0 aliphatic rings. The molecular formula is C10H8ClF3O2S. The zero-order valence-corrected chi connectivity index (χ0v) is 10.2. The smallest absolute Gasteiger partial charge is 0.416 e. The van der Waals surface area contributed by atoms with E-state index in [-0.39, 0.29) is 10.8 Å². The van der Waals surface area contributed by atoms with Crippen molar-refractivity contribution in [3.63, 3.8) is 0 Å². The second-order valence-electron chi connectivity index (χ2n) is 3.01. The number of ether oxygens (including phenoxy) is 1. The molecule has 0 unspecified atom stereocenters. The standard InChI is InChI=1S/C10H8ClF3O2S/c1-16-9(15)5-17-8-3-2-6(4-7(8)11)10(12,13)14/h2-4H,5H2,1H3. The highest BCUT2D eigenvalue weighted by Gasteiger charge is 2.30. The summed E-state index contributed by atoms with van der Waals surface area (Å²) in [4.78, 5) is 11.3. The summed E-state index contributed by atoms with van der Waals surface area (Å²) in [6, 6.07) is 2.99. The van der Waals surface area contributed by atoms with Crippen LogP contribution < -0.4 is 0 Å². The van der Waals surface area contributed by atoms with E-state index in [4.69, 9.17) is 11.6 Å². The van der Waals surface area contributed by atoms with Crippen LogP contribution >= 0.6 is 23.4 Å². The average Bonchev–Trinajstić information content (AvgIpc) is 2.25. The van der Waals surface area contributed by atoms with Gasteiger partial charge in [0.2, 0.25) is 0 Å². The number of thioether (sulfide) groups is 1. The van der Waals surface area contributed by atoms with Gasteiger partial charge in [-0.05, 0) is 18.2 Å². The van der Waals surface area contributed by atoms with E-state index in [1.54, 1.807) is 0 Å². The Balaban J connectivity index is 2.80. The van der Waals surface area contributed by atoms with Gasteiger partial charge in [-0.15, -0.1) is 11.8 Å². The SMILES string of the molecule is COC(=O)CSc1ccc(C(F)(F)F)cc1Cl. The predicted molar refractivity (Wildman–Crippen MR) is 59.2 cm³/mol. The predicted octanol–water partition coefficient (Wildman–Crippen LogP) is 3.62. The first-order valence-electron chi connectivity index (χ1n) is 4.41. The van der Waals surface area contributed by atoms with Gasteiger partial charge < -0.3 is 4.74 Å². The Hall–Kier alpha value is -0.880. The summed E-state index contributed by atoms with van der Waals surface area (Å²) in [5.41, 5.74) is -0.815. The molecule has 1 aromatic carbocycles. The lowest BCUT2D eigenvalue weighted by atomic mass is 10.2. The van der Waals surface area contributed by atoms with E-state index < -0.39 is 17.7 Å². The summed E-state index contributed by atoms with van der Waals surface area (Å²) < 4.78 is 41.4. The molecule has 0 N–H and O–H groups in total. The molecule has 0 bridgehead atoms. The lowest BCUT2D eigenvalue weighted by Crippen LogP contribution is -2.05. The van der Waals surface area contributed by atoms with E-state index in [9.17, 15) is 18.0 Å². The van der Waals surface area contributed by atoms with Crippen LogP contribution in [0.15, 0.2) is 23.1 Å². The number of hydrogen-bond acceptors (Lipinski definition) is 3. The van der Waals surface area contributed by atoms with Crippen LogP contribution in [-0.2, 0) is 15.7 Å². The minimum Gasteiger partial charge on any atom is -0.468 e. The molecule has 0 heterocycles. The van der Waals surface area contributed by atoms with Gasteiger partial charge in [0.15, 0.2) is 0 Å². The van der Waals surface area contributed by atoms with E-state index in [0.717, 1.165) is 23.9 Å². The van der Waals surface area contributed by atoms with Gasteiger partial charge in [-0.1, -0.05) is 11.6 Å². The van der Waals surface area contributed by atoms with Crippen molar-refractivity contribution in [3.05, 3.63) is 28.8 Å². The van der Waals surface area contributed by atoms with Gasteiger partial charge in [0, 0.05) is 4.90 Å². The van der Waals surface area contributed by atoms with Gasteiger partial charge in [-0.25, -0.2) is 0 Å². The molecule has 0 aromatic heterocycles. The Morgan fingerprint density at radius 2 is 2.12 bits per heavy atom. The molecule has 0 spiro atoms. The van der Waals surface area contributed by atoms with Crippen LogP contribution in [0.2, 0.25) is 5.02 Å². The monoisotopic (exact) mass is 284 g/mol. The number of rotatable bonds is 3. The van der Waals surface area contributed by atoms with Crippen molar-refractivity contribution in [1.82, 2.24) is 0 Å². The zero-order chi connectivity index (χ0) is 13.1. The first-order chi connectivity index (χ1) is 7.84. The topological polar surface area (TPSA) is 26.3 Å². The van der Waals surface area contributed by atoms with Crippen molar-refractivity contribution in [3.8, 4) is 0 Å². The molecule has 7 heteroatoms. The number of alkyl halides is 3. The molecule has 0 atom stereocenters. The Bertz CT molecular complexity index is 421. The molecule has 94 valence electrons. The fourth-order valence-corrected chi connectivity index (χ4v) is 2.09. The highest BCUT2D eigenvalue weighted by atomic mass is 35.5. The number of hydrogen-bond donors (Lipinski definition) is 0. The average molecular weight is 285 g/mol. The molecule has 0 saturated carbocycles. The summed E-state index contributed by atoms with van der Waals surface area (Å²) in [7, 11) is 1.23. The summed E-state index contributed by atoms with van der Waals surface area (Å²) >= 11 is 6.71. The van der Waals surface area contributed by atoms with Gasteiger partial charge in [-0.3, -0.25) is 4.79 Å². The molecule has 0 radical (unpaired) electrons. The molecule has 0 fully saturated rings. The van der Waals surface area contributed by atoms with Crippen LogP contribution in [0.25, 0.3) is 0 Å². The molecule has 0 aliphatic heterocycles. The Morgan fingerprint density at radius 1 is 1.47 bits per heavy atom. The van der Waals surface area contributed by atoms with Crippen LogP contribution in [0, 0.1) is 0 Å². The van der Waals surface area contributed by atoms with Crippen LogP contribution in [0.5, 0.6) is 0 Å². The van der Waals surface area contributed by atoms with Crippen LogP contribution in [-0.4, -0.2) is 18.8 Å². The Labute approximate surface area is 105 Å². The molecule has 17 heavy (non-hydrogen) atoms. The third kappa shape index (κ3) is 4.12. The number of halogens is 4. The Morgan fingerprint density at radius 3 is 2.59 bits per heavy atom. The lowest BCUT2D eigenvalue weighted by molar-refractivity contribution is -0.138. The molecule has 2 nitrogen and oxygen atoms in total. The van der Waals surface area contributed by atoms with Gasteiger partial charge >= 0.3 is 12.1 Å². The van der Waals surface area contributed by atoms with E-state index >= 15 is 0 Å². The summed E-state index contributed by atoms with van der Waals surface area (Å²) in [6.07, 6.45) is -4.42. The van der Waals surface area contributed by atoms with Crippen molar-refractivity contribution in [2.24, 2.45) is 0 Å². The first kappa shape index (κ1) is 14.2. The fraction of sp³-hybridized carbons (Fsp3) is 0.300. The number of methoxy groups -OCH3 is 1. The number of carbonyl (C=O) groups excluding carboxylic acids is 1. The number of carbonyl (C=O) groups is 1. The fourth-order valence-electron chi connectivity index (χ4n) is 0.990. The van der Waals surface area contributed by atoms with Gasteiger partial charge in [0.1, 0.15) is 0 Å². The number of esters is 1. The molecule has 0 aliphatic carbocycles. The molecular weight excluding hydrogens is 277 g/mol. The third-order valence-electron chi connectivity index (χ3n) is 1.83. The maximum Gasteiger partial charge on any atom is 0.416 e. The van der Waals surface area contributed by atoms with Crippen molar-refractivity contribution >= 4 is 29.3 Å². The Kier molecular flexibility index (Phi) is 4.70. The van der Waals surface area contributed by atoms with E-state index in [0.29, 0.717) is 4.90 Å². The first-order valence-corrected chi connectivity index (χ1v) is 5.77. The van der Waals surface area contributed by atoms with Crippen LogP contribution in [0.4, 0.5) is 13.2 Å². The molecule has 0 amide bonds. The summed E-state index contributed by atoms with van der Waals surface area (Å²) in [5.74, 6) is -0.465. The number of benzene rings is 1. The summed E-state index contributed by atoms with van der Waals surface area (Å²) in [5, 5.41) is -0.0336. The highest BCUT2D eigenvalue weighted by Crippen LogP contribution is 2.35. The maximum atomic E-state index is 12.3. The molecule has 1 aromatic rings. The van der Waals surface area contributed by atoms with E-state index in [2.05, 4.69) is 4.74 Å². The van der Waals surface area contributed by atoms with Gasteiger partial charge in [0.25, 0.3) is 0 Å². The minimum absolute atomic E-state index is 0.00157. The van der Waals surface area contributed by atoms with E-state index in [1.165, 1.54) is 13.2 Å². The van der Waals surface area contributed by atoms with Crippen molar-refractivity contribution < 1.29 is 22.7 Å². The quantitative estimate of drug-likeness (QED) is 0.626. The minimum atomic E-state index is -4.42.